The topological polar surface area (TPSA) is 98.5 Å². The maximum atomic E-state index is 11.6. The first-order chi connectivity index (χ1) is 10.8. The van der Waals surface area contributed by atoms with Crippen LogP contribution in [0.3, 0.4) is 0 Å². The second-order valence-corrected chi connectivity index (χ2v) is 5.39. The normalized spacial score (nSPS) is 12.2. The van der Waals surface area contributed by atoms with Crippen LogP contribution < -0.4 is 5.32 Å². The van der Waals surface area contributed by atoms with E-state index in [9.17, 15) is 19.7 Å². The van der Waals surface area contributed by atoms with Gasteiger partial charge in [0.25, 0.3) is 11.6 Å². The summed E-state index contributed by atoms with van der Waals surface area (Å²) in [6.07, 6.45) is 2.52. The molecule has 0 unspecified atom stereocenters. The molecule has 0 radical (unpaired) electrons. The zero-order valence-corrected chi connectivity index (χ0v) is 13.3. The van der Waals surface area contributed by atoms with E-state index < -0.39 is 10.9 Å². The number of ether oxygens (including phenoxy) is 1. The molecule has 0 aliphatic carbocycles. The zero-order chi connectivity index (χ0) is 17.4. The van der Waals surface area contributed by atoms with Gasteiger partial charge in [-0.1, -0.05) is 26.0 Å². The number of nitro benzene ring substituents is 1. The van der Waals surface area contributed by atoms with E-state index >= 15 is 0 Å². The Labute approximate surface area is 134 Å². The molecule has 1 rings (SSSR count). The summed E-state index contributed by atoms with van der Waals surface area (Å²) in [5.41, 5.74) is 0.427. The molecule has 1 amide bonds. The molecule has 1 N–H and O–H groups in total. The van der Waals surface area contributed by atoms with E-state index in [1.54, 1.807) is 6.07 Å². The SMILES string of the molecule is CC(C)[C@H](C)NC(=O)COC(=O)/C=C/c1cccc([N+](=O)[O-])c1. The lowest BCUT2D eigenvalue weighted by Crippen LogP contribution is -2.38. The van der Waals surface area contributed by atoms with Gasteiger partial charge in [-0.2, -0.15) is 0 Å². The number of hydrogen-bond acceptors (Lipinski definition) is 5. The third-order valence-electron chi connectivity index (χ3n) is 3.23. The number of esters is 1. The van der Waals surface area contributed by atoms with Gasteiger partial charge in [0, 0.05) is 24.3 Å². The maximum Gasteiger partial charge on any atom is 0.331 e. The predicted octanol–water partition coefficient (Wildman–Crippen LogP) is 2.31. The summed E-state index contributed by atoms with van der Waals surface area (Å²) >= 11 is 0. The molecular weight excluding hydrogens is 300 g/mol. The monoisotopic (exact) mass is 320 g/mol. The summed E-state index contributed by atoms with van der Waals surface area (Å²) in [5.74, 6) is -0.782. The van der Waals surface area contributed by atoms with Gasteiger partial charge in [-0.3, -0.25) is 14.9 Å². The molecule has 0 saturated carbocycles. The van der Waals surface area contributed by atoms with E-state index in [0.29, 0.717) is 5.56 Å². The van der Waals surface area contributed by atoms with Gasteiger partial charge >= 0.3 is 5.97 Å². The van der Waals surface area contributed by atoms with Gasteiger partial charge in [0.2, 0.25) is 0 Å². The number of carbonyl (C=O) groups excluding carboxylic acids is 2. The minimum absolute atomic E-state index is 0.0124. The summed E-state index contributed by atoms with van der Waals surface area (Å²) in [4.78, 5) is 33.2. The van der Waals surface area contributed by atoms with Crippen molar-refractivity contribution in [3.8, 4) is 0 Å². The number of amides is 1. The van der Waals surface area contributed by atoms with E-state index in [1.807, 2.05) is 20.8 Å². The first-order valence-electron chi connectivity index (χ1n) is 7.18. The molecule has 1 aromatic rings. The molecule has 0 heterocycles. The van der Waals surface area contributed by atoms with Crippen molar-refractivity contribution in [1.82, 2.24) is 5.32 Å². The second-order valence-electron chi connectivity index (χ2n) is 5.39. The standard InChI is InChI=1S/C16H20N2O5/c1-11(2)12(3)17-15(19)10-23-16(20)8-7-13-5-4-6-14(9-13)18(21)22/h4-9,11-12H,10H2,1-3H3,(H,17,19)/b8-7+/t12-/m0/s1. The Bertz CT molecular complexity index is 610. The fourth-order valence-electron chi connectivity index (χ4n) is 1.55. The number of nitrogens with zero attached hydrogens (tertiary/aromatic N) is 1. The number of nitrogens with one attached hydrogen (secondary N) is 1. The van der Waals surface area contributed by atoms with Crippen LogP contribution in [-0.4, -0.2) is 29.4 Å². The Morgan fingerprint density at radius 3 is 2.65 bits per heavy atom. The Kier molecular flexibility index (Phi) is 6.92. The number of rotatable bonds is 7. The van der Waals surface area contributed by atoms with Crippen LogP contribution in [-0.2, 0) is 14.3 Å². The highest BCUT2D eigenvalue weighted by Gasteiger charge is 2.12. The Morgan fingerprint density at radius 1 is 1.35 bits per heavy atom. The van der Waals surface area contributed by atoms with Crippen LogP contribution in [0.4, 0.5) is 5.69 Å². The zero-order valence-electron chi connectivity index (χ0n) is 13.3. The minimum atomic E-state index is -0.691. The molecule has 0 saturated heterocycles. The Balaban J connectivity index is 2.49. The summed E-state index contributed by atoms with van der Waals surface area (Å²) in [7, 11) is 0. The average molecular weight is 320 g/mol. The van der Waals surface area contributed by atoms with Crippen LogP contribution in [0.25, 0.3) is 6.08 Å². The average Bonchev–Trinajstić information content (AvgIpc) is 2.51. The first kappa shape index (κ1) is 18.3. The third-order valence-corrected chi connectivity index (χ3v) is 3.23. The van der Waals surface area contributed by atoms with Crippen LogP contribution in [0.15, 0.2) is 30.3 Å². The van der Waals surface area contributed by atoms with Crippen molar-refractivity contribution < 1.29 is 19.2 Å². The summed E-state index contributed by atoms with van der Waals surface area (Å²) in [5, 5.41) is 13.4. The summed E-state index contributed by atoms with van der Waals surface area (Å²) < 4.78 is 4.81. The summed E-state index contributed by atoms with van der Waals surface area (Å²) in [6.45, 7) is 5.44. The Hall–Kier alpha value is -2.70. The number of carbonyl (C=O) groups is 2. The summed E-state index contributed by atoms with van der Waals surface area (Å²) in [6, 6.07) is 5.82. The smallest absolute Gasteiger partial charge is 0.331 e. The van der Waals surface area contributed by atoms with Gasteiger partial charge in [0.15, 0.2) is 6.61 Å². The van der Waals surface area contributed by atoms with Gasteiger partial charge in [-0.05, 0) is 24.5 Å². The van der Waals surface area contributed by atoms with Crippen molar-refractivity contribution in [1.29, 1.82) is 0 Å². The molecule has 0 fully saturated rings. The van der Waals surface area contributed by atoms with Crippen molar-refractivity contribution in [2.45, 2.75) is 26.8 Å². The molecule has 0 aliphatic rings. The van der Waals surface area contributed by atoms with E-state index in [1.165, 1.54) is 24.3 Å². The second kappa shape index (κ2) is 8.67. The number of benzene rings is 1. The molecular formula is C16H20N2O5. The highest BCUT2D eigenvalue weighted by atomic mass is 16.6. The quantitative estimate of drug-likeness (QED) is 0.360. The van der Waals surface area contributed by atoms with E-state index in [4.69, 9.17) is 4.74 Å². The van der Waals surface area contributed by atoms with Gasteiger partial charge in [0.05, 0.1) is 4.92 Å². The van der Waals surface area contributed by atoms with Gasteiger partial charge in [-0.15, -0.1) is 0 Å². The molecule has 0 aliphatic heterocycles. The minimum Gasteiger partial charge on any atom is -0.452 e. The number of hydrogen-bond donors (Lipinski definition) is 1. The highest BCUT2D eigenvalue weighted by Crippen LogP contribution is 2.14. The first-order valence-corrected chi connectivity index (χ1v) is 7.18. The van der Waals surface area contributed by atoms with Crippen LogP contribution in [0.1, 0.15) is 26.3 Å². The van der Waals surface area contributed by atoms with Crippen molar-refractivity contribution in [2.75, 3.05) is 6.61 Å². The van der Waals surface area contributed by atoms with E-state index in [2.05, 4.69) is 5.32 Å². The Morgan fingerprint density at radius 2 is 2.04 bits per heavy atom. The van der Waals surface area contributed by atoms with Gasteiger partial charge in [-0.25, -0.2) is 4.79 Å². The molecule has 7 nitrogen and oxygen atoms in total. The van der Waals surface area contributed by atoms with Crippen molar-refractivity contribution >= 4 is 23.6 Å². The molecule has 124 valence electrons. The van der Waals surface area contributed by atoms with E-state index in [-0.39, 0.29) is 30.2 Å². The van der Waals surface area contributed by atoms with Crippen molar-refractivity contribution in [3.05, 3.63) is 46.0 Å². The van der Waals surface area contributed by atoms with Crippen LogP contribution in [0.5, 0.6) is 0 Å². The predicted molar refractivity (Wildman–Crippen MR) is 85.5 cm³/mol. The van der Waals surface area contributed by atoms with Gasteiger partial charge in [0.1, 0.15) is 0 Å². The third kappa shape index (κ3) is 6.73. The van der Waals surface area contributed by atoms with Crippen molar-refractivity contribution in [2.24, 2.45) is 5.92 Å². The van der Waals surface area contributed by atoms with Crippen molar-refractivity contribution in [3.63, 3.8) is 0 Å². The van der Waals surface area contributed by atoms with Crippen LogP contribution in [0.2, 0.25) is 0 Å². The van der Waals surface area contributed by atoms with Gasteiger partial charge < -0.3 is 10.1 Å². The number of nitro groups is 1. The van der Waals surface area contributed by atoms with Crippen LogP contribution in [0, 0.1) is 16.0 Å². The molecule has 1 atom stereocenters. The lowest BCUT2D eigenvalue weighted by molar-refractivity contribution is -0.384. The number of non-ortho nitro benzene ring substituents is 1. The van der Waals surface area contributed by atoms with E-state index in [0.717, 1.165) is 6.08 Å². The molecule has 7 heteroatoms. The highest BCUT2D eigenvalue weighted by molar-refractivity contribution is 5.89. The fourth-order valence-corrected chi connectivity index (χ4v) is 1.55. The molecule has 0 spiro atoms. The molecule has 23 heavy (non-hydrogen) atoms. The fraction of sp³-hybridized carbons (Fsp3) is 0.375. The lowest BCUT2D eigenvalue weighted by atomic mass is 10.1. The molecule has 0 aromatic heterocycles. The molecule has 1 aromatic carbocycles. The maximum absolute atomic E-state index is 11.6. The van der Waals surface area contributed by atoms with Crippen LogP contribution >= 0.6 is 0 Å². The lowest BCUT2D eigenvalue weighted by Gasteiger charge is -2.16. The largest absolute Gasteiger partial charge is 0.452 e. The molecule has 0 bridgehead atoms.